The fourth-order valence-corrected chi connectivity index (χ4v) is 4.26. The summed E-state index contributed by atoms with van der Waals surface area (Å²) in [6.45, 7) is 9.48. The maximum Gasteiger partial charge on any atom is 0.270 e. The molecule has 0 fully saturated rings. The van der Waals surface area contributed by atoms with Gasteiger partial charge in [-0.05, 0) is 44.3 Å². The Bertz CT molecular complexity index is 1070. The number of anilines is 1. The number of hydrogen-bond acceptors (Lipinski definition) is 7. The molecule has 0 unspecified atom stereocenters. The van der Waals surface area contributed by atoms with Gasteiger partial charge >= 0.3 is 0 Å². The number of carbonyl (C=O) groups excluding carboxylic acids is 1. The topological polar surface area (TPSA) is 88.8 Å². The molecule has 0 saturated carbocycles. The van der Waals surface area contributed by atoms with E-state index in [0.29, 0.717) is 24.8 Å². The van der Waals surface area contributed by atoms with E-state index in [9.17, 15) is 14.9 Å². The lowest BCUT2D eigenvalue weighted by Crippen LogP contribution is -3.00. The molecule has 0 saturated heterocycles. The number of nitro groups is 1. The zero-order valence-corrected chi connectivity index (χ0v) is 19.9. The van der Waals surface area contributed by atoms with Gasteiger partial charge in [0.25, 0.3) is 11.6 Å². The average molecular weight is 478 g/mol. The summed E-state index contributed by atoms with van der Waals surface area (Å²) in [6, 6.07) is 11.5. The van der Waals surface area contributed by atoms with Gasteiger partial charge in [-0.15, -0.1) is 0 Å². The van der Waals surface area contributed by atoms with Crippen LogP contribution in [0.2, 0.25) is 0 Å². The Morgan fingerprint density at radius 1 is 1.12 bits per heavy atom. The van der Waals surface area contributed by atoms with Gasteiger partial charge in [0.1, 0.15) is 5.75 Å². The van der Waals surface area contributed by atoms with E-state index < -0.39 is 4.92 Å². The Hall–Kier alpha value is -2.75. The second-order valence-corrected chi connectivity index (χ2v) is 7.86. The van der Waals surface area contributed by atoms with Crippen molar-refractivity contribution in [2.45, 2.75) is 20.8 Å². The van der Waals surface area contributed by atoms with E-state index in [1.807, 2.05) is 25.1 Å². The molecule has 0 radical (unpaired) electrons. The normalized spacial score (nSPS) is 10.8. The molecule has 0 aliphatic rings. The van der Waals surface area contributed by atoms with Crippen LogP contribution in [0.15, 0.2) is 42.5 Å². The molecule has 0 N–H and O–H groups in total. The molecule has 10 heteroatoms. The van der Waals surface area contributed by atoms with E-state index in [-0.39, 0.29) is 29.6 Å². The number of nitrogens with zero attached hydrogens (tertiary/aromatic N) is 4. The molecule has 8 nitrogen and oxygen atoms in total. The highest BCUT2D eigenvalue weighted by atomic mass is 35.5. The number of non-ortho nitro benzene ring substituents is 1. The Morgan fingerprint density at radius 3 is 2.53 bits per heavy atom. The number of nitro benzene ring substituents is 1. The summed E-state index contributed by atoms with van der Waals surface area (Å²) in [5.41, 5.74) is 0.936. The van der Waals surface area contributed by atoms with E-state index in [1.54, 1.807) is 11.0 Å². The number of fused-ring (bicyclic) bond motifs is 1. The van der Waals surface area contributed by atoms with Crippen LogP contribution in [0.4, 0.5) is 10.8 Å². The van der Waals surface area contributed by atoms with Gasteiger partial charge in [-0.1, -0.05) is 31.3 Å². The van der Waals surface area contributed by atoms with Gasteiger partial charge in [0.2, 0.25) is 0 Å². The summed E-state index contributed by atoms with van der Waals surface area (Å²) < 4.78 is 6.49. The maximum atomic E-state index is 13.4. The predicted octanol–water partition coefficient (Wildman–Crippen LogP) is 1.60. The van der Waals surface area contributed by atoms with Gasteiger partial charge in [-0.25, -0.2) is 4.98 Å². The number of rotatable bonds is 10. The van der Waals surface area contributed by atoms with E-state index in [2.05, 4.69) is 23.7 Å². The number of halogens is 1. The van der Waals surface area contributed by atoms with Gasteiger partial charge in [0.05, 0.1) is 21.7 Å². The monoisotopic (exact) mass is 477 g/mol. The molecular weight excluding hydrogens is 452 g/mol. The standard InChI is InChI=1S/C22H26N4O4S.ClH/c1-4-24(5-2)12-13-25(21(27)16-8-7-9-17(14-16)26(28)29)22-23-19-11-10-18(30-6-3)15-20(19)31-22;/h7-11,14-15H,4-6,12-13H2,1-3H3;1H/p-1. The summed E-state index contributed by atoms with van der Waals surface area (Å²) in [4.78, 5) is 32.5. The highest BCUT2D eigenvalue weighted by molar-refractivity contribution is 7.22. The number of hydrogen-bond donors (Lipinski definition) is 0. The number of likely N-dealkylation sites (N-methyl/N-ethyl adjacent to an activating group) is 1. The number of thiazole rings is 1. The fourth-order valence-electron chi connectivity index (χ4n) is 3.24. The maximum absolute atomic E-state index is 13.4. The van der Waals surface area contributed by atoms with E-state index in [4.69, 9.17) is 4.74 Å². The van der Waals surface area contributed by atoms with Crippen molar-refractivity contribution in [3.8, 4) is 5.75 Å². The zero-order valence-electron chi connectivity index (χ0n) is 18.3. The molecule has 0 atom stereocenters. The number of aromatic nitrogens is 1. The molecule has 2 aromatic carbocycles. The minimum absolute atomic E-state index is 0. The van der Waals surface area contributed by atoms with Crippen LogP contribution in [0, 0.1) is 10.1 Å². The van der Waals surface area contributed by atoms with Gasteiger partial charge in [-0.2, -0.15) is 0 Å². The molecule has 1 amide bonds. The second-order valence-electron chi connectivity index (χ2n) is 6.85. The van der Waals surface area contributed by atoms with E-state index in [0.717, 1.165) is 29.1 Å². The van der Waals surface area contributed by atoms with Crippen LogP contribution in [0.3, 0.4) is 0 Å². The summed E-state index contributed by atoms with van der Waals surface area (Å²) in [5.74, 6) is 0.449. The van der Waals surface area contributed by atoms with E-state index in [1.165, 1.54) is 29.5 Å². The first kappa shape index (κ1) is 25.5. The Labute approximate surface area is 197 Å². The van der Waals surface area contributed by atoms with Gasteiger partial charge in [0, 0.05) is 30.8 Å². The molecular formula is C22H26ClN4O4S-. The molecule has 32 heavy (non-hydrogen) atoms. The van der Waals surface area contributed by atoms with Crippen LogP contribution >= 0.6 is 11.3 Å². The van der Waals surface area contributed by atoms with Crippen LogP contribution in [-0.2, 0) is 0 Å². The Balaban J connectivity index is 0.00000363. The number of ether oxygens (including phenoxy) is 1. The molecule has 1 heterocycles. The molecule has 0 aliphatic carbocycles. The number of amides is 1. The molecule has 3 rings (SSSR count). The van der Waals surface area contributed by atoms with Gasteiger partial charge < -0.3 is 22.0 Å². The van der Waals surface area contributed by atoms with Crippen molar-refractivity contribution in [2.24, 2.45) is 0 Å². The van der Waals surface area contributed by atoms with Crippen molar-refractivity contribution in [3.63, 3.8) is 0 Å². The molecule has 1 aromatic heterocycles. The fraction of sp³-hybridized carbons (Fsp3) is 0.364. The van der Waals surface area contributed by atoms with Crippen molar-refractivity contribution in [2.75, 3.05) is 37.7 Å². The first-order valence-electron chi connectivity index (χ1n) is 10.3. The molecule has 0 bridgehead atoms. The lowest BCUT2D eigenvalue weighted by molar-refractivity contribution is -0.384. The Kier molecular flexibility index (Phi) is 9.37. The van der Waals surface area contributed by atoms with Crippen LogP contribution in [0.1, 0.15) is 31.1 Å². The lowest BCUT2D eigenvalue weighted by atomic mass is 10.2. The lowest BCUT2D eigenvalue weighted by Gasteiger charge is -2.24. The van der Waals surface area contributed by atoms with Crippen molar-refractivity contribution in [1.82, 2.24) is 9.88 Å². The first-order valence-corrected chi connectivity index (χ1v) is 11.1. The predicted molar refractivity (Wildman–Crippen MR) is 123 cm³/mol. The number of benzene rings is 2. The highest BCUT2D eigenvalue weighted by Crippen LogP contribution is 2.32. The van der Waals surface area contributed by atoms with Crippen LogP contribution in [0.25, 0.3) is 10.2 Å². The second kappa shape index (κ2) is 11.8. The Morgan fingerprint density at radius 2 is 1.88 bits per heavy atom. The minimum atomic E-state index is -0.496. The molecule has 172 valence electrons. The third-order valence-corrected chi connectivity index (χ3v) is 6.02. The van der Waals surface area contributed by atoms with Crippen molar-refractivity contribution < 1.29 is 26.9 Å². The van der Waals surface area contributed by atoms with Gasteiger partial charge in [0.15, 0.2) is 5.13 Å². The van der Waals surface area contributed by atoms with Gasteiger partial charge in [-0.3, -0.25) is 19.8 Å². The quantitative estimate of drug-likeness (QED) is 0.325. The van der Waals surface area contributed by atoms with Crippen LogP contribution in [0.5, 0.6) is 5.75 Å². The molecule has 0 spiro atoms. The third-order valence-electron chi connectivity index (χ3n) is 4.97. The zero-order chi connectivity index (χ0) is 22.4. The van der Waals surface area contributed by atoms with Crippen LogP contribution < -0.4 is 22.0 Å². The van der Waals surface area contributed by atoms with Crippen molar-refractivity contribution >= 4 is 38.3 Å². The summed E-state index contributed by atoms with van der Waals surface area (Å²) >= 11 is 1.41. The van der Waals surface area contributed by atoms with Crippen molar-refractivity contribution in [3.05, 3.63) is 58.1 Å². The van der Waals surface area contributed by atoms with Crippen LogP contribution in [-0.4, -0.2) is 53.5 Å². The first-order chi connectivity index (χ1) is 15.0. The SMILES string of the molecule is CCOc1ccc2nc(N(CCN(CC)CC)C(=O)c3cccc([N+](=O)[O-])c3)sc2c1.[Cl-]. The average Bonchev–Trinajstić information content (AvgIpc) is 3.19. The largest absolute Gasteiger partial charge is 1.00 e. The molecule has 3 aromatic rings. The number of carbonyl (C=O) groups is 1. The molecule has 0 aliphatic heterocycles. The summed E-state index contributed by atoms with van der Waals surface area (Å²) in [7, 11) is 0. The van der Waals surface area contributed by atoms with Crippen molar-refractivity contribution in [1.29, 1.82) is 0 Å². The summed E-state index contributed by atoms with van der Waals surface area (Å²) in [5, 5.41) is 11.7. The summed E-state index contributed by atoms with van der Waals surface area (Å²) in [6.07, 6.45) is 0. The van der Waals surface area contributed by atoms with E-state index >= 15 is 0 Å². The highest BCUT2D eigenvalue weighted by Gasteiger charge is 2.23. The smallest absolute Gasteiger partial charge is 0.270 e. The third kappa shape index (κ3) is 5.93. The minimum Gasteiger partial charge on any atom is -1.00 e.